The molecule has 0 radical (unpaired) electrons. The summed E-state index contributed by atoms with van der Waals surface area (Å²) in [4.78, 5) is 0. The lowest BCUT2D eigenvalue weighted by molar-refractivity contribution is 0.445. The van der Waals surface area contributed by atoms with Gasteiger partial charge in [-0.25, -0.2) is 0 Å². The van der Waals surface area contributed by atoms with Gasteiger partial charge in [-0.3, -0.25) is 0 Å². The van der Waals surface area contributed by atoms with Crippen LogP contribution < -0.4 is 0 Å². The second-order valence-electron chi connectivity index (χ2n) is 6.31. The fraction of sp³-hybridized carbons (Fsp3) is 0.600. The molecule has 1 atom stereocenters. The summed E-state index contributed by atoms with van der Waals surface area (Å²) in [6.07, 6.45) is 14.4. The van der Waals surface area contributed by atoms with Crippen molar-refractivity contribution in [3.05, 3.63) is 41.5 Å². The van der Waals surface area contributed by atoms with E-state index in [1.165, 1.54) is 68.9 Å². The second-order valence-corrected chi connectivity index (χ2v) is 6.31. The molecular formula is C20H30. The smallest absolute Gasteiger partial charge is 0.0228 e. The lowest BCUT2D eigenvalue weighted by Crippen LogP contribution is -2.05. The lowest BCUT2D eigenvalue weighted by atomic mass is 9.84. The number of rotatable bonds is 7. The summed E-state index contributed by atoms with van der Waals surface area (Å²) in [5.74, 6) is 0.942. The molecule has 0 heteroatoms. The summed E-state index contributed by atoms with van der Waals surface area (Å²) in [6, 6.07) is 9.36. The quantitative estimate of drug-likeness (QED) is 0.503. The van der Waals surface area contributed by atoms with Crippen LogP contribution in [0.1, 0.15) is 76.3 Å². The van der Waals surface area contributed by atoms with Gasteiger partial charge in [0, 0.05) is 0 Å². The molecule has 0 saturated carbocycles. The fourth-order valence-electron chi connectivity index (χ4n) is 3.29. The molecule has 110 valence electrons. The maximum absolute atomic E-state index is 2.50. The predicted molar refractivity (Wildman–Crippen MR) is 89.9 cm³/mol. The van der Waals surface area contributed by atoms with Gasteiger partial charge in [0.1, 0.15) is 0 Å². The highest BCUT2D eigenvalue weighted by Crippen LogP contribution is 2.32. The van der Waals surface area contributed by atoms with Gasteiger partial charge < -0.3 is 0 Å². The summed E-state index contributed by atoms with van der Waals surface area (Å²) in [5, 5.41) is 0. The fourth-order valence-corrected chi connectivity index (χ4v) is 3.29. The first-order valence-electron chi connectivity index (χ1n) is 8.61. The predicted octanol–water partition coefficient (Wildman–Crippen LogP) is 6.40. The summed E-state index contributed by atoms with van der Waals surface area (Å²) >= 11 is 0. The molecule has 0 aromatic heterocycles. The molecule has 0 spiro atoms. The average molecular weight is 270 g/mol. The molecule has 0 saturated heterocycles. The third-order valence-electron chi connectivity index (χ3n) is 4.61. The number of allylic oxidation sites excluding steroid dienone is 2. The molecule has 1 aliphatic carbocycles. The number of unbranched alkanes of at least 4 members (excludes halogenated alkanes) is 2. The molecule has 0 amide bonds. The van der Waals surface area contributed by atoms with Crippen LogP contribution in [0.15, 0.2) is 30.3 Å². The van der Waals surface area contributed by atoms with Gasteiger partial charge >= 0.3 is 0 Å². The van der Waals surface area contributed by atoms with Gasteiger partial charge in [0.2, 0.25) is 0 Å². The zero-order valence-corrected chi connectivity index (χ0v) is 13.3. The molecular weight excluding hydrogens is 240 g/mol. The van der Waals surface area contributed by atoms with E-state index in [1.54, 1.807) is 5.57 Å². The number of aryl methyl sites for hydroxylation is 1. The van der Waals surface area contributed by atoms with Crippen molar-refractivity contribution in [2.45, 2.75) is 71.6 Å². The normalized spacial score (nSPS) is 18.9. The van der Waals surface area contributed by atoms with Crippen LogP contribution in [0.5, 0.6) is 0 Å². The molecule has 0 nitrogen and oxygen atoms in total. The van der Waals surface area contributed by atoms with E-state index in [9.17, 15) is 0 Å². The van der Waals surface area contributed by atoms with Crippen LogP contribution in [0.25, 0.3) is 5.57 Å². The first kappa shape index (κ1) is 15.4. The van der Waals surface area contributed by atoms with E-state index < -0.39 is 0 Å². The minimum atomic E-state index is 0.942. The molecule has 0 heterocycles. The van der Waals surface area contributed by atoms with Gasteiger partial charge in [-0.2, -0.15) is 0 Å². The molecule has 0 N–H and O–H groups in total. The van der Waals surface area contributed by atoms with Crippen molar-refractivity contribution in [3.63, 3.8) is 0 Å². The number of hydrogen-bond acceptors (Lipinski definition) is 0. The van der Waals surface area contributed by atoms with Crippen molar-refractivity contribution in [2.24, 2.45) is 5.92 Å². The zero-order valence-electron chi connectivity index (χ0n) is 13.3. The molecule has 1 aromatic rings. The Morgan fingerprint density at radius 1 is 1.00 bits per heavy atom. The first-order chi connectivity index (χ1) is 9.83. The van der Waals surface area contributed by atoms with E-state index in [2.05, 4.69) is 44.2 Å². The summed E-state index contributed by atoms with van der Waals surface area (Å²) in [6.45, 7) is 4.57. The van der Waals surface area contributed by atoms with Gasteiger partial charge in [-0.15, -0.1) is 0 Å². The standard InChI is InChI=1S/C20H30/c1-3-5-6-8-18-11-15-20(16-12-18)19-13-9-17(7-4-2)10-14-19/h11-13,15-17H,3-10,14H2,1-2H3. The molecule has 0 bridgehead atoms. The van der Waals surface area contributed by atoms with E-state index in [4.69, 9.17) is 0 Å². The second kappa shape index (κ2) is 8.29. The monoisotopic (exact) mass is 270 g/mol. The minimum absolute atomic E-state index is 0.942. The Balaban J connectivity index is 1.90. The Hall–Kier alpha value is -1.04. The molecule has 1 aliphatic rings. The third-order valence-corrected chi connectivity index (χ3v) is 4.61. The van der Waals surface area contributed by atoms with Crippen molar-refractivity contribution in [1.82, 2.24) is 0 Å². The van der Waals surface area contributed by atoms with Gasteiger partial charge in [0.05, 0.1) is 0 Å². The van der Waals surface area contributed by atoms with Gasteiger partial charge in [0.15, 0.2) is 0 Å². The maximum atomic E-state index is 2.50. The third kappa shape index (κ3) is 4.51. The van der Waals surface area contributed by atoms with Crippen molar-refractivity contribution >= 4 is 5.57 Å². The Morgan fingerprint density at radius 2 is 1.80 bits per heavy atom. The number of benzene rings is 1. The Bertz CT molecular complexity index is 410. The van der Waals surface area contributed by atoms with Crippen LogP contribution >= 0.6 is 0 Å². The van der Waals surface area contributed by atoms with Gasteiger partial charge in [-0.05, 0) is 54.7 Å². The van der Waals surface area contributed by atoms with Crippen molar-refractivity contribution in [2.75, 3.05) is 0 Å². The van der Waals surface area contributed by atoms with Crippen LogP contribution in [0, 0.1) is 5.92 Å². The van der Waals surface area contributed by atoms with Crippen LogP contribution in [0.4, 0.5) is 0 Å². The Kier molecular flexibility index (Phi) is 6.36. The van der Waals surface area contributed by atoms with E-state index in [-0.39, 0.29) is 0 Å². The molecule has 20 heavy (non-hydrogen) atoms. The van der Waals surface area contributed by atoms with E-state index in [0.29, 0.717) is 0 Å². The number of hydrogen-bond donors (Lipinski definition) is 0. The van der Waals surface area contributed by atoms with Crippen molar-refractivity contribution < 1.29 is 0 Å². The van der Waals surface area contributed by atoms with E-state index in [1.807, 2.05) is 0 Å². The van der Waals surface area contributed by atoms with Crippen LogP contribution in [0.2, 0.25) is 0 Å². The summed E-state index contributed by atoms with van der Waals surface area (Å²) in [7, 11) is 0. The molecule has 0 fully saturated rings. The van der Waals surface area contributed by atoms with Crippen LogP contribution in [-0.2, 0) is 6.42 Å². The average Bonchev–Trinajstić information content (AvgIpc) is 2.49. The highest BCUT2D eigenvalue weighted by molar-refractivity contribution is 5.66. The zero-order chi connectivity index (χ0) is 14.2. The van der Waals surface area contributed by atoms with Gasteiger partial charge in [0.25, 0.3) is 0 Å². The van der Waals surface area contributed by atoms with Crippen molar-refractivity contribution in [1.29, 1.82) is 0 Å². The van der Waals surface area contributed by atoms with Crippen molar-refractivity contribution in [3.8, 4) is 0 Å². The first-order valence-corrected chi connectivity index (χ1v) is 8.61. The van der Waals surface area contributed by atoms with E-state index in [0.717, 1.165) is 5.92 Å². The van der Waals surface area contributed by atoms with Gasteiger partial charge in [-0.1, -0.05) is 69.9 Å². The Morgan fingerprint density at radius 3 is 2.40 bits per heavy atom. The molecule has 1 aromatic carbocycles. The molecule has 2 rings (SSSR count). The largest absolute Gasteiger partial charge is 0.0804 e. The maximum Gasteiger partial charge on any atom is -0.0228 e. The Labute approximate surface area is 125 Å². The van der Waals surface area contributed by atoms with Crippen LogP contribution in [0.3, 0.4) is 0 Å². The minimum Gasteiger partial charge on any atom is -0.0804 e. The summed E-state index contributed by atoms with van der Waals surface area (Å²) < 4.78 is 0. The summed E-state index contributed by atoms with van der Waals surface area (Å²) in [5.41, 5.74) is 4.54. The SMILES string of the molecule is CCCCCc1ccc(C2=CCC(CCC)CC2)cc1. The highest BCUT2D eigenvalue weighted by atomic mass is 14.2. The van der Waals surface area contributed by atoms with Crippen LogP contribution in [-0.4, -0.2) is 0 Å². The van der Waals surface area contributed by atoms with E-state index >= 15 is 0 Å². The molecule has 0 aliphatic heterocycles. The topological polar surface area (TPSA) is 0 Å². The lowest BCUT2D eigenvalue weighted by Gasteiger charge is -2.21. The molecule has 1 unspecified atom stereocenters. The highest BCUT2D eigenvalue weighted by Gasteiger charge is 2.14.